The van der Waals surface area contributed by atoms with Crippen molar-refractivity contribution < 1.29 is 2.74 Å². The largest absolute Gasteiger partial charge is 0.310 e. The van der Waals surface area contributed by atoms with Gasteiger partial charge in [0, 0.05) is 42.6 Å². The van der Waals surface area contributed by atoms with Crippen molar-refractivity contribution in [1.82, 2.24) is 0 Å². The van der Waals surface area contributed by atoms with Crippen molar-refractivity contribution >= 4 is 48.6 Å². The van der Waals surface area contributed by atoms with Crippen LogP contribution in [0.15, 0.2) is 188 Å². The second-order valence-electron chi connectivity index (χ2n) is 14.4. The summed E-state index contributed by atoms with van der Waals surface area (Å²) in [6, 6.07) is 63.7. The van der Waals surface area contributed by atoms with Crippen LogP contribution < -0.4 is 4.90 Å². The lowest BCUT2D eigenvalue weighted by atomic mass is 9.82. The first kappa shape index (κ1) is 29.4. The van der Waals surface area contributed by atoms with E-state index >= 15 is 0 Å². The molecule has 1 aliphatic rings. The third kappa shape index (κ3) is 5.37. The molecule has 0 spiro atoms. The number of anilines is 3. The molecule has 0 saturated heterocycles. The maximum Gasteiger partial charge on any atom is 0.0623 e. The fourth-order valence-electron chi connectivity index (χ4n) is 8.13. The molecular weight excluding hydrogens is 659 g/mol. The Morgan fingerprint density at radius 2 is 0.943 bits per heavy atom. The van der Waals surface area contributed by atoms with E-state index in [9.17, 15) is 0 Å². The first-order valence-corrected chi connectivity index (χ1v) is 19.0. The number of rotatable bonds is 6. The minimum atomic E-state index is -0.217. The number of hydrogen-bond donors (Lipinski definition) is 0. The SMILES string of the molecule is [2H]c1ccc2c(c1)C(C)(C)c1cc(N(c3ccc(-c4ccccc4)cc3)c3ccc(-c4ccc(-c5ccc6sc7ccc([2H])cc7c6c5)cc4)cc3)ccc1-2. The highest BCUT2D eigenvalue weighted by atomic mass is 32.1. The highest BCUT2D eigenvalue weighted by Crippen LogP contribution is 2.50. The maximum absolute atomic E-state index is 8.33. The smallest absolute Gasteiger partial charge is 0.0623 e. The van der Waals surface area contributed by atoms with Crippen molar-refractivity contribution in [2.24, 2.45) is 0 Å². The quantitative estimate of drug-likeness (QED) is 0.167. The summed E-state index contributed by atoms with van der Waals surface area (Å²) in [7, 11) is 0. The molecule has 2 heteroatoms. The molecule has 0 amide bonds. The van der Waals surface area contributed by atoms with Crippen molar-refractivity contribution in [3.63, 3.8) is 0 Å². The Balaban J connectivity index is 0.997. The standard InChI is InChI=1S/C51H37NS/c1-51(2)47-14-8-6-12-43(47)44-30-29-42(33-48(44)51)52(40-25-20-36(21-26-40)34-10-4-3-5-11-34)41-27-22-37(23-28-41)35-16-18-38(19-17-35)39-24-31-50-46(32-39)45-13-7-9-15-49(45)53-50/h3-33H,1-2H3/i7D,8D. The number of benzene rings is 8. The van der Waals surface area contributed by atoms with E-state index in [1.54, 1.807) is 11.3 Å². The molecule has 252 valence electrons. The van der Waals surface area contributed by atoms with Crippen LogP contribution in [0.3, 0.4) is 0 Å². The van der Waals surface area contributed by atoms with Crippen LogP contribution in [0, 0.1) is 0 Å². The second kappa shape index (κ2) is 12.5. The van der Waals surface area contributed by atoms with Crippen molar-refractivity contribution in [3.05, 3.63) is 199 Å². The Bertz CT molecular complexity index is 2890. The molecule has 9 aromatic rings. The van der Waals surface area contributed by atoms with Gasteiger partial charge in [-0.2, -0.15) is 0 Å². The lowest BCUT2D eigenvalue weighted by Gasteiger charge is -2.28. The van der Waals surface area contributed by atoms with E-state index in [2.05, 4.69) is 170 Å². The fourth-order valence-corrected chi connectivity index (χ4v) is 9.20. The van der Waals surface area contributed by atoms with E-state index in [1.807, 2.05) is 24.3 Å². The van der Waals surface area contributed by atoms with Gasteiger partial charge in [-0.25, -0.2) is 0 Å². The third-order valence-electron chi connectivity index (χ3n) is 11.0. The molecule has 0 radical (unpaired) electrons. The number of thiophene rings is 1. The van der Waals surface area contributed by atoms with E-state index in [-0.39, 0.29) is 5.41 Å². The van der Waals surface area contributed by atoms with Crippen molar-refractivity contribution in [1.29, 1.82) is 0 Å². The Hall–Kier alpha value is -6.22. The summed E-state index contributed by atoms with van der Waals surface area (Å²) in [5.41, 5.74) is 15.1. The number of hydrogen-bond acceptors (Lipinski definition) is 2. The molecule has 8 aromatic carbocycles. The van der Waals surface area contributed by atoms with E-state index in [4.69, 9.17) is 2.74 Å². The first-order valence-electron chi connectivity index (χ1n) is 19.2. The molecule has 1 aliphatic carbocycles. The lowest BCUT2D eigenvalue weighted by molar-refractivity contribution is 0.660. The zero-order valence-electron chi connectivity index (χ0n) is 31.6. The molecule has 1 aromatic heterocycles. The predicted octanol–water partition coefficient (Wildman–Crippen LogP) is 14.8. The van der Waals surface area contributed by atoms with Crippen LogP contribution >= 0.6 is 11.3 Å². The predicted molar refractivity (Wildman–Crippen MR) is 228 cm³/mol. The summed E-state index contributed by atoms with van der Waals surface area (Å²) in [6.07, 6.45) is 0. The van der Waals surface area contributed by atoms with Gasteiger partial charge >= 0.3 is 0 Å². The van der Waals surface area contributed by atoms with Gasteiger partial charge in [-0.05, 0) is 110 Å². The summed E-state index contributed by atoms with van der Waals surface area (Å²) in [4.78, 5) is 2.35. The van der Waals surface area contributed by atoms with Crippen molar-refractivity contribution in [2.75, 3.05) is 4.90 Å². The number of nitrogens with zero attached hydrogens (tertiary/aromatic N) is 1. The summed E-state index contributed by atoms with van der Waals surface area (Å²) < 4.78 is 18.9. The fraction of sp³-hybridized carbons (Fsp3) is 0.0588. The van der Waals surface area contributed by atoms with E-state index in [0.29, 0.717) is 12.1 Å². The Labute approximate surface area is 317 Å². The van der Waals surface area contributed by atoms with Crippen LogP contribution in [-0.2, 0) is 5.41 Å². The summed E-state index contributed by atoms with van der Waals surface area (Å²) in [5.74, 6) is 0. The Morgan fingerprint density at radius 3 is 1.64 bits per heavy atom. The van der Waals surface area contributed by atoms with Gasteiger partial charge in [-0.15, -0.1) is 11.3 Å². The minimum absolute atomic E-state index is 0.217. The third-order valence-corrected chi connectivity index (χ3v) is 12.1. The van der Waals surface area contributed by atoms with E-state index in [1.165, 1.54) is 64.9 Å². The monoisotopic (exact) mass is 697 g/mol. The van der Waals surface area contributed by atoms with Gasteiger partial charge in [0.1, 0.15) is 0 Å². The molecule has 1 nitrogen and oxygen atoms in total. The highest BCUT2D eigenvalue weighted by molar-refractivity contribution is 7.25. The zero-order valence-corrected chi connectivity index (χ0v) is 30.4. The minimum Gasteiger partial charge on any atom is -0.310 e. The van der Waals surface area contributed by atoms with Gasteiger partial charge in [-0.3, -0.25) is 0 Å². The van der Waals surface area contributed by atoms with E-state index < -0.39 is 0 Å². The maximum atomic E-state index is 8.33. The molecule has 1 heterocycles. The van der Waals surface area contributed by atoms with Crippen molar-refractivity contribution in [3.8, 4) is 44.5 Å². The summed E-state index contributed by atoms with van der Waals surface area (Å²) >= 11 is 1.78. The summed E-state index contributed by atoms with van der Waals surface area (Å²) in [5, 5.41) is 2.37. The van der Waals surface area contributed by atoms with Crippen LogP contribution in [0.1, 0.15) is 27.7 Å². The van der Waals surface area contributed by atoms with Crippen molar-refractivity contribution in [2.45, 2.75) is 19.3 Å². The van der Waals surface area contributed by atoms with Gasteiger partial charge in [0.2, 0.25) is 0 Å². The lowest BCUT2D eigenvalue weighted by Crippen LogP contribution is -2.16. The molecule has 0 unspecified atom stereocenters. The van der Waals surface area contributed by atoms with Gasteiger partial charge in [-0.1, -0.05) is 147 Å². The molecule has 53 heavy (non-hydrogen) atoms. The molecule has 0 N–H and O–H groups in total. The first-order chi connectivity index (χ1) is 26.8. The van der Waals surface area contributed by atoms with Gasteiger partial charge in [0.15, 0.2) is 0 Å². The van der Waals surface area contributed by atoms with Gasteiger partial charge in [0.05, 0.1) is 2.74 Å². The second-order valence-corrected chi connectivity index (χ2v) is 15.5. The van der Waals surface area contributed by atoms with Crippen LogP contribution in [0.4, 0.5) is 17.1 Å². The molecule has 0 aliphatic heterocycles. The number of fused-ring (bicyclic) bond motifs is 6. The molecular formula is C51H37NS. The molecule has 0 atom stereocenters. The molecule has 0 bridgehead atoms. The van der Waals surface area contributed by atoms with Crippen LogP contribution in [0.25, 0.3) is 64.7 Å². The normalized spacial score (nSPS) is 13.4. The van der Waals surface area contributed by atoms with Crippen LogP contribution in [0.5, 0.6) is 0 Å². The molecule has 0 fully saturated rings. The topological polar surface area (TPSA) is 3.24 Å². The molecule has 0 saturated carbocycles. The highest BCUT2D eigenvalue weighted by Gasteiger charge is 2.35. The van der Waals surface area contributed by atoms with Gasteiger partial charge in [0.25, 0.3) is 0 Å². The average Bonchev–Trinajstić information content (AvgIpc) is 3.69. The van der Waals surface area contributed by atoms with Crippen LogP contribution in [-0.4, -0.2) is 0 Å². The van der Waals surface area contributed by atoms with E-state index in [0.717, 1.165) is 28.0 Å². The molecule has 10 rings (SSSR count). The van der Waals surface area contributed by atoms with Gasteiger partial charge < -0.3 is 4.90 Å². The zero-order chi connectivity index (χ0) is 37.3. The van der Waals surface area contributed by atoms with Crippen LogP contribution in [0.2, 0.25) is 0 Å². The Morgan fingerprint density at radius 1 is 0.415 bits per heavy atom. The average molecular weight is 698 g/mol. The Kier molecular flexibility index (Phi) is 6.91. The summed E-state index contributed by atoms with van der Waals surface area (Å²) in [6.45, 7) is 4.55.